The van der Waals surface area contributed by atoms with Gasteiger partial charge in [-0.3, -0.25) is 4.79 Å². The quantitative estimate of drug-likeness (QED) is 0.901. The molecule has 1 aliphatic rings. The van der Waals surface area contributed by atoms with Gasteiger partial charge in [0, 0.05) is 0 Å². The molecule has 0 aliphatic carbocycles. The van der Waals surface area contributed by atoms with Crippen LogP contribution in [0.4, 0.5) is 4.39 Å². The molecule has 2 rings (SSSR count). The highest BCUT2D eigenvalue weighted by Crippen LogP contribution is 2.28. The molecule has 0 bridgehead atoms. The molecule has 0 aromatic heterocycles. The Labute approximate surface area is 118 Å². The Morgan fingerprint density at radius 1 is 1.55 bits per heavy atom. The molecule has 1 unspecified atom stereocenters. The summed E-state index contributed by atoms with van der Waals surface area (Å²) in [6.07, 6.45) is 0. The molecule has 1 atom stereocenters. The summed E-state index contributed by atoms with van der Waals surface area (Å²) in [7, 11) is 0. The number of hydrogen-bond acceptors (Lipinski definition) is 3. The van der Waals surface area contributed by atoms with Crippen molar-refractivity contribution >= 4 is 5.91 Å². The lowest BCUT2D eigenvalue weighted by Crippen LogP contribution is -2.52. The molecule has 0 spiro atoms. The maximum atomic E-state index is 13.8. The van der Waals surface area contributed by atoms with Gasteiger partial charge < -0.3 is 14.8 Å². The SMILES string of the molecule is CCOc1ccc(C(C)NC(=O)C2(C)COC2)cc1F. The van der Waals surface area contributed by atoms with E-state index in [1.807, 2.05) is 13.8 Å². The van der Waals surface area contributed by atoms with Crippen LogP contribution in [0.25, 0.3) is 0 Å². The van der Waals surface area contributed by atoms with Crippen molar-refractivity contribution in [3.8, 4) is 5.75 Å². The topological polar surface area (TPSA) is 47.6 Å². The van der Waals surface area contributed by atoms with Gasteiger partial charge in [-0.15, -0.1) is 0 Å². The van der Waals surface area contributed by atoms with Crippen molar-refractivity contribution in [1.82, 2.24) is 5.32 Å². The van der Waals surface area contributed by atoms with E-state index in [9.17, 15) is 9.18 Å². The Hall–Kier alpha value is -1.62. The Balaban J connectivity index is 2.03. The Bertz CT molecular complexity index is 500. The van der Waals surface area contributed by atoms with Crippen LogP contribution in [0.15, 0.2) is 18.2 Å². The number of amides is 1. The lowest BCUT2D eigenvalue weighted by Gasteiger charge is -2.37. The molecule has 1 heterocycles. The van der Waals surface area contributed by atoms with Gasteiger partial charge in [0.25, 0.3) is 0 Å². The number of carbonyl (C=O) groups excluding carboxylic acids is 1. The van der Waals surface area contributed by atoms with Crippen molar-refractivity contribution in [1.29, 1.82) is 0 Å². The first kappa shape index (κ1) is 14.8. The lowest BCUT2D eigenvalue weighted by atomic mass is 9.87. The van der Waals surface area contributed by atoms with E-state index in [1.165, 1.54) is 6.07 Å². The maximum absolute atomic E-state index is 13.8. The molecule has 1 aromatic rings. The van der Waals surface area contributed by atoms with Gasteiger partial charge in [-0.05, 0) is 38.5 Å². The van der Waals surface area contributed by atoms with Crippen molar-refractivity contribution in [2.75, 3.05) is 19.8 Å². The van der Waals surface area contributed by atoms with E-state index in [-0.39, 0.29) is 17.7 Å². The normalized spacial score (nSPS) is 18.0. The number of carbonyl (C=O) groups is 1. The van der Waals surface area contributed by atoms with E-state index >= 15 is 0 Å². The van der Waals surface area contributed by atoms with Crippen LogP contribution < -0.4 is 10.1 Å². The van der Waals surface area contributed by atoms with Gasteiger partial charge in [-0.25, -0.2) is 4.39 Å². The molecule has 1 amide bonds. The molecule has 4 nitrogen and oxygen atoms in total. The fourth-order valence-electron chi connectivity index (χ4n) is 2.05. The summed E-state index contributed by atoms with van der Waals surface area (Å²) < 4.78 is 24.0. The molecule has 0 saturated carbocycles. The van der Waals surface area contributed by atoms with E-state index < -0.39 is 11.2 Å². The molecule has 1 aromatic carbocycles. The first-order chi connectivity index (χ1) is 9.46. The van der Waals surface area contributed by atoms with Crippen LogP contribution in [0.5, 0.6) is 5.75 Å². The molecule has 5 heteroatoms. The predicted molar refractivity (Wildman–Crippen MR) is 73.1 cm³/mol. The van der Waals surface area contributed by atoms with Crippen molar-refractivity contribution < 1.29 is 18.7 Å². The van der Waals surface area contributed by atoms with E-state index in [1.54, 1.807) is 19.1 Å². The van der Waals surface area contributed by atoms with Gasteiger partial charge in [0.2, 0.25) is 5.91 Å². The third kappa shape index (κ3) is 2.93. The minimum absolute atomic E-state index is 0.0643. The summed E-state index contributed by atoms with van der Waals surface area (Å²) in [4.78, 5) is 12.1. The number of halogens is 1. The number of nitrogens with one attached hydrogen (secondary N) is 1. The van der Waals surface area contributed by atoms with Crippen LogP contribution in [0, 0.1) is 11.2 Å². The number of ether oxygens (including phenoxy) is 2. The van der Waals surface area contributed by atoms with Crippen LogP contribution in [-0.2, 0) is 9.53 Å². The Morgan fingerprint density at radius 2 is 2.25 bits per heavy atom. The molecule has 110 valence electrons. The largest absolute Gasteiger partial charge is 0.491 e. The van der Waals surface area contributed by atoms with Gasteiger partial charge >= 0.3 is 0 Å². The summed E-state index contributed by atoms with van der Waals surface area (Å²) >= 11 is 0. The lowest BCUT2D eigenvalue weighted by molar-refractivity contribution is -0.158. The molecule has 1 N–H and O–H groups in total. The maximum Gasteiger partial charge on any atom is 0.231 e. The first-order valence-corrected chi connectivity index (χ1v) is 6.77. The highest BCUT2D eigenvalue weighted by Gasteiger charge is 2.41. The fourth-order valence-corrected chi connectivity index (χ4v) is 2.05. The number of hydrogen-bond donors (Lipinski definition) is 1. The van der Waals surface area contributed by atoms with Gasteiger partial charge in [0.1, 0.15) is 0 Å². The zero-order valence-corrected chi connectivity index (χ0v) is 12.0. The molecular formula is C15H20FNO3. The molecule has 0 radical (unpaired) electrons. The summed E-state index contributed by atoms with van der Waals surface area (Å²) in [5.41, 5.74) is 0.251. The van der Waals surface area contributed by atoms with Crippen molar-refractivity contribution in [2.24, 2.45) is 5.41 Å². The molecule has 1 saturated heterocycles. The fraction of sp³-hybridized carbons (Fsp3) is 0.533. The van der Waals surface area contributed by atoms with Crippen LogP contribution in [-0.4, -0.2) is 25.7 Å². The second-order valence-corrected chi connectivity index (χ2v) is 5.37. The average Bonchev–Trinajstić information content (AvgIpc) is 2.38. The van der Waals surface area contributed by atoms with Gasteiger partial charge in [-0.2, -0.15) is 0 Å². The molecule has 1 aliphatic heterocycles. The minimum atomic E-state index is -0.460. The van der Waals surface area contributed by atoms with Crippen molar-refractivity contribution in [3.63, 3.8) is 0 Å². The van der Waals surface area contributed by atoms with Crippen LogP contribution in [0.2, 0.25) is 0 Å². The van der Waals surface area contributed by atoms with Crippen molar-refractivity contribution in [2.45, 2.75) is 26.8 Å². The second kappa shape index (κ2) is 5.79. The van der Waals surface area contributed by atoms with Gasteiger partial charge in [-0.1, -0.05) is 6.07 Å². The first-order valence-electron chi connectivity index (χ1n) is 6.77. The third-order valence-electron chi connectivity index (χ3n) is 3.49. The smallest absolute Gasteiger partial charge is 0.231 e. The Kier molecular flexibility index (Phi) is 4.28. The molecule has 20 heavy (non-hydrogen) atoms. The van der Waals surface area contributed by atoms with E-state index in [0.717, 1.165) is 0 Å². The highest BCUT2D eigenvalue weighted by molar-refractivity contribution is 5.83. The van der Waals surface area contributed by atoms with Crippen LogP contribution >= 0.6 is 0 Å². The summed E-state index contributed by atoms with van der Waals surface area (Å²) in [6, 6.07) is 4.49. The van der Waals surface area contributed by atoms with Crippen LogP contribution in [0.3, 0.4) is 0 Å². The van der Waals surface area contributed by atoms with Gasteiger partial charge in [0.05, 0.1) is 31.3 Å². The van der Waals surface area contributed by atoms with Crippen molar-refractivity contribution in [3.05, 3.63) is 29.6 Å². The van der Waals surface area contributed by atoms with Crippen LogP contribution in [0.1, 0.15) is 32.4 Å². The summed E-state index contributed by atoms with van der Waals surface area (Å²) in [5.74, 6) is -0.247. The third-order valence-corrected chi connectivity index (χ3v) is 3.49. The highest BCUT2D eigenvalue weighted by atomic mass is 19.1. The van der Waals surface area contributed by atoms with E-state index in [2.05, 4.69) is 5.32 Å². The zero-order chi connectivity index (χ0) is 14.8. The number of benzene rings is 1. The van der Waals surface area contributed by atoms with E-state index in [0.29, 0.717) is 25.4 Å². The number of rotatable bonds is 5. The average molecular weight is 281 g/mol. The standard InChI is InChI=1S/C15H20FNO3/c1-4-20-13-6-5-11(7-12(13)16)10(2)17-14(18)15(3)8-19-9-15/h5-7,10H,4,8-9H2,1-3H3,(H,17,18). The summed E-state index contributed by atoms with van der Waals surface area (Å²) in [5, 5.41) is 2.89. The zero-order valence-electron chi connectivity index (χ0n) is 12.0. The summed E-state index contributed by atoms with van der Waals surface area (Å²) in [6.45, 7) is 6.78. The second-order valence-electron chi connectivity index (χ2n) is 5.37. The predicted octanol–water partition coefficient (Wildman–Crippen LogP) is 2.44. The van der Waals surface area contributed by atoms with Gasteiger partial charge in [0.15, 0.2) is 11.6 Å². The van der Waals surface area contributed by atoms with E-state index in [4.69, 9.17) is 9.47 Å². The monoisotopic (exact) mass is 281 g/mol. The molecule has 1 fully saturated rings. The minimum Gasteiger partial charge on any atom is -0.491 e. The Morgan fingerprint density at radius 3 is 2.75 bits per heavy atom. The molecular weight excluding hydrogens is 261 g/mol.